The third kappa shape index (κ3) is 23.6. The van der Waals surface area contributed by atoms with Crippen molar-refractivity contribution in [2.45, 2.75) is 120 Å². The number of ether oxygens (including phenoxy) is 2. The van der Waals surface area contributed by atoms with Crippen LogP contribution in [0.25, 0.3) is 10.9 Å². The first-order valence-electron chi connectivity index (χ1n) is 16.9. The summed E-state index contributed by atoms with van der Waals surface area (Å²) in [6.07, 6.45) is 6.51. The van der Waals surface area contributed by atoms with Crippen molar-refractivity contribution in [3.63, 3.8) is 0 Å². The van der Waals surface area contributed by atoms with Crippen molar-refractivity contribution in [2.75, 3.05) is 26.1 Å². The summed E-state index contributed by atoms with van der Waals surface area (Å²) in [6, 6.07) is 7.46. The summed E-state index contributed by atoms with van der Waals surface area (Å²) in [5.74, 6) is -0.252. The molecule has 0 fully saturated rings. The number of carbonyl (C=O) groups excluding carboxylic acids is 4. The van der Waals surface area contributed by atoms with E-state index >= 15 is 0 Å². The van der Waals surface area contributed by atoms with Gasteiger partial charge in [-0.25, -0.2) is 4.79 Å². The molecule has 1 aromatic carbocycles. The van der Waals surface area contributed by atoms with Gasteiger partial charge < -0.3 is 35.6 Å². The van der Waals surface area contributed by atoms with E-state index in [1.54, 1.807) is 45.0 Å². The van der Waals surface area contributed by atoms with E-state index in [1.165, 1.54) is 13.5 Å². The molecule has 0 aliphatic heterocycles. The summed E-state index contributed by atoms with van der Waals surface area (Å²) in [4.78, 5) is 47.5. The van der Waals surface area contributed by atoms with E-state index in [9.17, 15) is 23.6 Å². The molecule has 0 radical (unpaired) electrons. The molecule has 272 valence electrons. The number of unbranched alkanes of at least 4 members (excludes halogenated alkanes) is 2. The van der Waals surface area contributed by atoms with Gasteiger partial charge in [0.05, 0.1) is 6.67 Å². The third-order valence-electron chi connectivity index (χ3n) is 6.75. The number of hydrogen-bond acceptors (Lipinski definition) is 8. The fraction of sp³-hybridized carbons (Fsp3) is 0.667. The molecule has 3 unspecified atom stereocenters. The van der Waals surface area contributed by atoms with Crippen LogP contribution in [0, 0.1) is 17.8 Å². The molecule has 11 heteroatoms. The summed E-state index contributed by atoms with van der Waals surface area (Å²) in [6.45, 7) is 17.9. The van der Waals surface area contributed by atoms with E-state index in [1.807, 2.05) is 14.0 Å². The fourth-order valence-electron chi connectivity index (χ4n) is 3.46. The molecule has 10 nitrogen and oxygen atoms in total. The molecule has 0 aliphatic rings. The number of fused-ring (bicyclic) bond motifs is 1. The lowest BCUT2D eigenvalue weighted by molar-refractivity contribution is -0.175. The maximum absolute atomic E-state index is 12.3. The van der Waals surface area contributed by atoms with Gasteiger partial charge in [-0.1, -0.05) is 74.7 Å². The molecule has 3 atom stereocenters. The number of benzene rings is 1. The molecule has 47 heavy (non-hydrogen) atoms. The summed E-state index contributed by atoms with van der Waals surface area (Å²) in [5.41, 5.74) is 6.09. The van der Waals surface area contributed by atoms with E-state index < -0.39 is 18.2 Å². The molecule has 2 aromatic rings. The molecule has 0 saturated heterocycles. The minimum Gasteiger partial charge on any atom is -0.425 e. The SMILES string of the molecule is CCC.CCC(=O)OC(OC(=O)c1cc2cc(NC=O)ccc2[nH]1)C(C)C.CCC(C=O)CCCCCF.CN.CNC(C)C(C)C. The number of aromatic amines is 1. The summed E-state index contributed by atoms with van der Waals surface area (Å²) in [7, 11) is 3.49. The van der Waals surface area contributed by atoms with Crippen LogP contribution in [0.1, 0.15) is 118 Å². The Balaban J connectivity index is -0.000000696. The highest BCUT2D eigenvalue weighted by Crippen LogP contribution is 2.21. The van der Waals surface area contributed by atoms with Gasteiger partial charge in [0.15, 0.2) is 0 Å². The number of nitrogens with one attached hydrogen (secondary N) is 3. The zero-order chi connectivity index (χ0) is 36.8. The number of alkyl halides is 1. The number of rotatable bonds is 16. The first-order valence-corrected chi connectivity index (χ1v) is 16.9. The largest absolute Gasteiger partial charge is 0.425 e. The fourth-order valence-corrected chi connectivity index (χ4v) is 3.46. The highest BCUT2D eigenvalue weighted by Gasteiger charge is 2.24. The van der Waals surface area contributed by atoms with Gasteiger partial charge in [0, 0.05) is 40.9 Å². The monoisotopic (exact) mass is 668 g/mol. The second-order valence-electron chi connectivity index (χ2n) is 11.5. The van der Waals surface area contributed by atoms with E-state index in [0.717, 1.165) is 48.8 Å². The number of H-pyrrole nitrogens is 1. The Labute approximate surface area is 283 Å². The van der Waals surface area contributed by atoms with Crippen molar-refractivity contribution in [3.05, 3.63) is 30.0 Å². The number of anilines is 1. The van der Waals surface area contributed by atoms with Crippen molar-refractivity contribution in [3.8, 4) is 0 Å². The number of aldehydes is 1. The minimum absolute atomic E-state index is 0.169. The zero-order valence-electron chi connectivity index (χ0n) is 30.9. The Morgan fingerprint density at radius 1 is 0.936 bits per heavy atom. The van der Waals surface area contributed by atoms with Crippen LogP contribution in [0.15, 0.2) is 24.3 Å². The minimum atomic E-state index is -0.941. The Hall–Kier alpha value is -3.31. The molecule has 1 amide bonds. The highest BCUT2D eigenvalue weighted by molar-refractivity contribution is 5.96. The van der Waals surface area contributed by atoms with Crippen LogP contribution >= 0.6 is 0 Å². The summed E-state index contributed by atoms with van der Waals surface area (Å²) < 4.78 is 22.0. The van der Waals surface area contributed by atoms with Gasteiger partial charge in [0.25, 0.3) is 0 Å². The van der Waals surface area contributed by atoms with Crippen LogP contribution in [-0.4, -0.2) is 62.7 Å². The van der Waals surface area contributed by atoms with Gasteiger partial charge in [-0.15, -0.1) is 0 Å². The van der Waals surface area contributed by atoms with Gasteiger partial charge >= 0.3 is 11.9 Å². The number of esters is 2. The standard InChI is InChI=1S/C17H20N2O5.C9H17FO.C6H15N.C3H8.CH5N/c1-4-15(21)23-17(10(2)3)24-16(22)14-8-11-7-12(18-9-20)5-6-13(11)19-14;1-2-9(8-11)6-4-3-5-7-10;1-5(2)6(3)7-4;1-3-2;1-2/h5-10,17,19H,4H2,1-3H3,(H,18,20);8-9H,2-7H2,1H3;5-7H,1-4H3;3H2,1-2H3;2H2,1H3. The topological polar surface area (TPSA) is 153 Å². The van der Waals surface area contributed by atoms with Crippen LogP contribution < -0.4 is 16.4 Å². The van der Waals surface area contributed by atoms with Crippen LogP contribution in [0.5, 0.6) is 0 Å². The maximum atomic E-state index is 12.3. The van der Waals surface area contributed by atoms with Crippen LogP contribution in [0.3, 0.4) is 0 Å². The van der Waals surface area contributed by atoms with Crippen molar-refractivity contribution < 1.29 is 33.0 Å². The van der Waals surface area contributed by atoms with Gasteiger partial charge in [-0.3, -0.25) is 14.0 Å². The maximum Gasteiger partial charge on any atom is 0.357 e. The molecule has 0 bridgehead atoms. The quantitative estimate of drug-likeness (QED) is 0.0612. The molecular weight excluding hydrogens is 603 g/mol. The number of aromatic nitrogens is 1. The number of halogens is 1. The third-order valence-corrected chi connectivity index (χ3v) is 6.75. The van der Waals surface area contributed by atoms with E-state index in [0.29, 0.717) is 24.6 Å². The van der Waals surface area contributed by atoms with Crippen LogP contribution in [0.4, 0.5) is 10.1 Å². The smallest absolute Gasteiger partial charge is 0.357 e. The van der Waals surface area contributed by atoms with Gasteiger partial charge in [0.1, 0.15) is 12.0 Å². The van der Waals surface area contributed by atoms with Crippen molar-refractivity contribution in [1.29, 1.82) is 0 Å². The normalized spacial score (nSPS) is 11.9. The van der Waals surface area contributed by atoms with Crippen LogP contribution in [0.2, 0.25) is 0 Å². The van der Waals surface area contributed by atoms with Crippen molar-refractivity contribution >= 4 is 41.2 Å². The zero-order valence-corrected chi connectivity index (χ0v) is 30.9. The van der Waals surface area contributed by atoms with Crippen molar-refractivity contribution in [1.82, 2.24) is 10.3 Å². The lowest BCUT2D eigenvalue weighted by Crippen LogP contribution is -2.29. The molecule has 1 aromatic heterocycles. The molecule has 5 N–H and O–H groups in total. The lowest BCUT2D eigenvalue weighted by Gasteiger charge is -2.20. The second-order valence-corrected chi connectivity index (χ2v) is 11.5. The average molecular weight is 669 g/mol. The highest BCUT2D eigenvalue weighted by atomic mass is 19.1. The number of amides is 1. The first-order chi connectivity index (χ1) is 22.4. The summed E-state index contributed by atoms with van der Waals surface area (Å²) in [5, 5.41) is 6.46. The first kappa shape index (κ1) is 48.1. The Morgan fingerprint density at radius 3 is 1.98 bits per heavy atom. The molecule has 2 rings (SSSR count). The number of carbonyl (C=O) groups is 4. The predicted octanol–water partition coefficient (Wildman–Crippen LogP) is 7.81. The summed E-state index contributed by atoms with van der Waals surface area (Å²) >= 11 is 0. The lowest BCUT2D eigenvalue weighted by atomic mass is 10.0. The van der Waals surface area contributed by atoms with Crippen LogP contribution in [-0.2, 0) is 23.9 Å². The van der Waals surface area contributed by atoms with Crippen molar-refractivity contribution in [2.24, 2.45) is 23.5 Å². The number of hydrogen-bond donors (Lipinski definition) is 4. The van der Waals surface area contributed by atoms with E-state index in [4.69, 9.17) is 9.47 Å². The van der Waals surface area contributed by atoms with E-state index in [-0.39, 0.29) is 30.6 Å². The van der Waals surface area contributed by atoms with E-state index in [2.05, 4.69) is 56.0 Å². The molecule has 1 heterocycles. The van der Waals surface area contributed by atoms with Gasteiger partial charge in [0.2, 0.25) is 12.7 Å². The van der Waals surface area contributed by atoms with Gasteiger partial charge in [-0.05, 0) is 70.5 Å². The molecule has 0 spiro atoms. The number of nitrogens with two attached hydrogens (primary N) is 1. The molecule has 0 aliphatic carbocycles. The Bertz CT molecular complexity index is 1080. The second kappa shape index (κ2) is 31.3. The Morgan fingerprint density at radius 2 is 1.55 bits per heavy atom. The Kier molecular flexibility index (Phi) is 32.0. The van der Waals surface area contributed by atoms with Gasteiger partial charge in [-0.2, -0.15) is 0 Å². The predicted molar refractivity (Wildman–Crippen MR) is 192 cm³/mol. The molecule has 0 saturated carbocycles. The molecular formula is C36H65FN4O6. The average Bonchev–Trinajstić information content (AvgIpc) is 3.50.